The van der Waals surface area contributed by atoms with Crippen molar-refractivity contribution in [2.45, 2.75) is 19.8 Å². The van der Waals surface area contributed by atoms with Gasteiger partial charge in [-0.1, -0.05) is 13.8 Å². The van der Waals surface area contributed by atoms with Crippen molar-refractivity contribution in [3.05, 3.63) is 34.2 Å². The lowest BCUT2D eigenvalue weighted by Crippen LogP contribution is -2.02. The normalized spacial score (nSPS) is 10.9. The number of nitrogen functional groups attached to an aromatic ring is 1. The van der Waals surface area contributed by atoms with Gasteiger partial charge in [0.25, 0.3) is 0 Å². The van der Waals surface area contributed by atoms with Crippen molar-refractivity contribution in [2.75, 3.05) is 5.73 Å². The number of nitrogens with zero attached hydrogens (tertiary/aromatic N) is 1. The molecular formula is C11H14N4O. The van der Waals surface area contributed by atoms with Crippen molar-refractivity contribution in [3.8, 4) is 11.3 Å². The van der Waals surface area contributed by atoms with E-state index in [0.717, 1.165) is 16.8 Å². The zero-order valence-corrected chi connectivity index (χ0v) is 9.24. The quantitative estimate of drug-likeness (QED) is 0.713. The standard InChI is InChI=1S/C11H14N4O/c1-6(2)9-10(14-15-11(9)12)7-3-4-8(16)13-5-7/h3-6H,1-2H3,(H,13,16)(H3,12,14,15). The molecule has 0 aliphatic rings. The number of nitrogens with one attached hydrogen (secondary N) is 2. The third kappa shape index (κ3) is 1.71. The molecule has 0 bridgehead atoms. The van der Waals surface area contributed by atoms with Crippen LogP contribution in [0, 0.1) is 0 Å². The van der Waals surface area contributed by atoms with Crippen LogP contribution in [-0.2, 0) is 0 Å². The van der Waals surface area contributed by atoms with Crippen LogP contribution in [0.1, 0.15) is 25.3 Å². The summed E-state index contributed by atoms with van der Waals surface area (Å²) in [6.45, 7) is 4.10. The fourth-order valence-electron chi connectivity index (χ4n) is 1.74. The van der Waals surface area contributed by atoms with Gasteiger partial charge in [0.2, 0.25) is 5.56 Å². The topological polar surface area (TPSA) is 87.6 Å². The van der Waals surface area contributed by atoms with Gasteiger partial charge in [-0.05, 0) is 12.0 Å². The van der Waals surface area contributed by atoms with Crippen molar-refractivity contribution in [1.29, 1.82) is 0 Å². The van der Waals surface area contributed by atoms with Gasteiger partial charge < -0.3 is 10.7 Å². The third-order valence-electron chi connectivity index (χ3n) is 2.48. The van der Waals surface area contributed by atoms with Crippen LogP contribution in [0.3, 0.4) is 0 Å². The minimum atomic E-state index is -0.123. The zero-order chi connectivity index (χ0) is 11.7. The van der Waals surface area contributed by atoms with Gasteiger partial charge in [-0.3, -0.25) is 9.89 Å². The molecule has 2 aromatic heterocycles. The van der Waals surface area contributed by atoms with Gasteiger partial charge >= 0.3 is 0 Å². The highest BCUT2D eigenvalue weighted by Gasteiger charge is 2.15. The van der Waals surface area contributed by atoms with E-state index >= 15 is 0 Å². The first-order valence-electron chi connectivity index (χ1n) is 5.12. The summed E-state index contributed by atoms with van der Waals surface area (Å²) in [5.74, 6) is 0.789. The Morgan fingerprint density at radius 3 is 2.69 bits per heavy atom. The number of anilines is 1. The first-order chi connectivity index (χ1) is 7.59. The summed E-state index contributed by atoms with van der Waals surface area (Å²) in [6, 6.07) is 3.23. The Kier molecular flexibility index (Phi) is 2.52. The van der Waals surface area contributed by atoms with Gasteiger partial charge in [0.05, 0.1) is 5.69 Å². The molecule has 4 N–H and O–H groups in total. The summed E-state index contributed by atoms with van der Waals surface area (Å²) in [6.07, 6.45) is 1.65. The van der Waals surface area contributed by atoms with E-state index in [2.05, 4.69) is 29.0 Å². The summed E-state index contributed by atoms with van der Waals surface area (Å²) in [5.41, 5.74) is 8.40. The van der Waals surface area contributed by atoms with Crippen molar-refractivity contribution in [2.24, 2.45) is 0 Å². The average Bonchev–Trinajstić information content (AvgIpc) is 2.61. The molecule has 0 saturated heterocycles. The largest absolute Gasteiger partial charge is 0.382 e. The molecule has 5 heteroatoms. The molecule has 5 nitrogen and oxygen atoms in total. The first-order valence-corrected chi connectivity index (χ1v) is 5.12. The van der Waals surface area contributed by atoms with Crippen LogP contribution in [0.4, 0.5) is 5.82 Å². The minimum Gasteiger partial charge on any atom is -0.382 e. The maximum atomic E-state index is 11.0. The Morgan fingerprint density at radius 1 is 1.38 bits per heavy atom. The molecule has 2 aromatic rings. The molecule has 0 aliphatic carbocycles. The van der Waals surface area contributed by atoms with Crippen molar-refractivity contribution in [1.82, 2.24) is 15.2 Å². The van der Waals surface area contributed by atoms with Crippen molar-refractivity contribution >= 4 is 5.82 Å². The van der Waals surface area contributed by atoms with E-state index in [9.17, 15) is 4.79 Å². The van der Waals surface area contributed by atoms with E-state index in [-0.39, 0.29) is 11.5 Å². The predicted molar refractivity (Wildman–Crippen MR) is 63.1 cm³/mol. The first kappa shape index (κ1) is 10.5. The van der Waals surface area contributed by atoms with Crippen LogP contribution in [0.15, 0.2) is 23.1 Å². The monoisotopic (exact) mass is 218 g/mol. The summed E-state index contributed by atoms with van der Waals surface area (Å²) in [4.78, 5) is 13.6. The van der Waals surface area contributed by atoms with E-state index in [0.29, 0.717) is 5.82 Å². The van der Waals surface area contributed by atoms with Gasteiger partial charge in [-0.25, -0.2) is 0 Å². The van der Waals surface area contributed by atoms with E-state index in [1.54, 1.807) is 12.3 Å². The molecule has 0 spiro atoms. The highest BCUT2D eigenvalue weighted by molar-refractivity contribution is 5.68. The molecule has 2 heterocycles. The Labute approximate surface area is 92.7 Å². The lowest BCUT2D eigenvalue weighted by molar-refractivity contribution is 0.873. The van der Waals surface area contributed by atoms with Crippen LogP contribution in [-0.4, -0.2) is 15.2 Å². The van der Waals surface area contributed by atoms with E-state index in [1.807, 2.05) is 0 Å². The molecule has 0 saturated carbocycles. The number of H-pyrrole nitrogens is 2. The predicted octanol–water partition coefficient (Wildman–Crippen LogP) is 1.47. The smallest absolute Gasteiger partial charge is 0.247 e. The number of aromatic amines is 2. The summed E-state index contributed by atoms with van der Waals surface area (Å²) < 4.78 is 0. The average molecular weight is 218 g/mol. The van der Waals surface area contributed by atoms with Crippen LogP contribution in [0.5, 0.6) is 0 Å². The van der Waals surface area contributed by atoms with Crippen LogP contribution in [0.25, 0.3) is 11.3 Å². The third-order valence-corrected chi connectivity index (χ3v) is 2.48. The number of aromatic nitrogens is 3. The fourth-order valence-corrected chi connectivity index (χ4v) is 1.74. The van der Waals surface area contributed by atoms with Crippen LogP contribution in [0.2, 0.25) is 0 Å². The molecule has 0 unspecified atom stereocenters. The van der Waals surface area contributed by atoms with Gasteiger partial charge in [0.15, 0.2) is 0 Å². The zero-order valence-electron chi connectivity index (χ0n) is 9.24. The minimum absolute atomic E-state index is 0.123. The molecular weight excluding hydrogens is 204 g/mol. The molecule has 0 amide bonds. The molecule has 0 radical (unpaired) electrons. The van der Waals surface area contributed by atoms with Gasteiger partial charge in [-0.15, -0.1) is 0 Å². The van der Waals surface area contributed by atoms with E-state index in [1.165, 1.54) is 6.07 Å². The Bertz CT molecular complexity index is 533. The van der Waals surface area contributed by atoms with Crippen LogP contribution < -0.4 is 11.3 Å². The van der Waals surface area contributed by atoms with Gasteiger partial charge in [0, 0.05) is 23.4 Å². The lowest BCUT2D eigenvalue weighted by Gasteiger charge is -2.06. The van der Waals surface area contributed by atoms with Crippen molar-refractivity contribution in [3.63, 3.8) is 0 Å². The highest BCUT2D eigenvalue weighted by atomic mass is 16.1. The summed E-state index contributed by atoms with van der Waals surface area (Å²) >= 11 is 0. The van der Waals surface area contributed by atoms with Crippen molar-refractivity contribution < 1.29 is 0 Å². The molecule has 84 valence electrons. The SMILES string of the molecule is CC(C)c1c(N)n[nH]c1-c1ccc(=O)[nH]c1. The lowest BCUT2D eigenvalue weighted by atomic mass is 10.00. The second-order valence-electron chi connectivity index (χ2n) is 3.99. The molecule has 0 aromatic carbocycles. The number of pyridine rings is 1. The maximum absolute atomic E-state index is 11.0. The van der Waals surface area contributed by atoms with Gasteiger partial charge in [-0.2, -0.15) is 5.10 Å². The summed E-state index contributed by atoms with van der Waals surface area (Å²) in [5, 5.41) is 6.89. The molecule has 2 rings (SSSR count). The molecule has 0 atom stereocenters. The molecule has 0 aliphatic heterocycles. The maximum Gasteiger partial charge on any atom is 0.247 e. The number of nitrogens with two attached hydrogens (primary N) is 1. The number of rotatable bonds is 2. The highest BCUT2D eigenvalue weighted by Crippen LogP contribution is 2.30. The second kappa shape index (κ2) is 3.84. The molecule has 16 heavy (non-hydrogen) atoms. The fraction of sp³-hybridized carbons (Fsp3) is 0.273. The van der Waals surface area contributed by atoms with Gasteiger partial charge in [0.1, 0.15) is 5.82 Å². The number of hydrogen-bond acceptors (Lipinski definition) is 3. The Hall–Kier alpha value is -2.04. The van der Waals surface area contributed by atoms with E-state index in [4.69, 9.17) is 5.73 Å². The molecule has 0 fully saturated rings. The van der Waals surface area contributed by atoms with Crippen LogP contribution >= 0.6 is 0 Å². The second-order valence-corrected chi connectivity index (χ2v) is 3.99. The Balaban J connectivity index is 2.56. The van der Waals surface area contributed by atoms with E-state index < -0.39 is 0 Å². The number of hydrogen-bond donors (Lipinski definition) is 3. The summed E-state index contributed by atoms with van der Waals surface area (Å²) in [7, 11) is 0. The Morgan fingerprint density at radius 2 is 2.12 bits per heavy atom.